The zero-order valence-electron chi connectivity index (χ0n) is 17.1. The van der Waals surface area contributed by atoms with Crippen LogP contribution in [-0.4, -0.2) is 26.9 Å². The predicted molar refractivity (Wildman–Crippen MR) is 116 cm³/mol. The molecule has 29 heavy (non-hydrogen) atoms. The summed E-state index contributed by atoms with van der Waals surface area (Å²) in [5, 5.41) is 2.94. The van der Waals surface area contributed by atoms with Crippen LogP contribution in [0.2, 0.25) is 0 Å². The minimum Gasteiger partial charge on any atom is -0.351 e. The van der Waals surface area contributed by atoms with Gasteiger partial charge in [-0.25, -0.2) is 13.1 Å². The van der Waals surface area contributed by atoms with Crippen molar-refractivity contribution >= 4 is 15.9 Å². The van der Waals surface area contributed by atoms with Crippen molar-refractivity contribution in [3.63, 3.8) is 0 Å². The number of hydrogen-bond donors (Lipinski definition) is 2. The molecule has 1 atom stereocenters. The maximum Gasteiger partial charge on any atom is 0.251 e. The zero-order chi connectivity index (χ0) is 20.9. The van der Waals surface area contributed by atoms with Crippen LogP contribution in [0.1, 0.15) is 66.4 Å². The summed E-state index contributed by atoms with van der Waals surface area (Å²) in [6.45, 7) is 4.36. The molecule has 5 nitrogen and oxygen atoms in total. The zero-order valence-corrected chi connectivity index (χ0v) is 18.0. The van der Waals surface area contributed by atoms with E-state index in [9.17, 15) is 13.2 Å². The van der Waals surface area contributed by atoms with E-state index in [4.69, 9.17) is 0 Å². The first kappa shape index (κ1) is 21.5. The first-order chi connectivity index (χ1) is 13.9. The van der Waals surface area contributed by atoms with Crippen LogP contribution in [0, 0.1) is 6.92 Å². The molecule has 1 aliphatic rings. The Balaban J connectivity index is 1.70. The van der Waals surface area contributed by atoms with Crippen LogP contribution in [0.15, 0.2) is 53.4 Å². The molecule has 0 bridgehead atoms. The lowest BCUT2D eigenvalue weighted by Gasteiger charge is -2.22. The van der Waals surface area contributed by atoms with Gasteiger partial charge in [-0.3, -0.25) is 4.79 Å². The molecule has 2 aromatic rings. The molecule has 1 amide bonds. The van der Waals surface area contributed by atoms with Gasteiger partial charge in [-0.15, -0.1) is 0 Å². The summed E-state index contributed by atoms with van der Waals surface area (Å²) in [7, 11) is -3.64. The number of rotatable bonds is 7. The molecular weight excluding hydrogens is 384 g/mol. The third-order valence-corrected chi connectivity index (χ3v) is 7.15. The summed E-state index contributed by atoms with van der Waals surface area (Å²) in [6, 6.07) is 14.7. The fraction of sp³-hybridized carbons (Fsp3) is 0.435. The fourth-order valence-electron chi connectivity index (χ4n) is 3.76. The van der Waals surface area contributed by atoms with Crippen molar-refractivity contribution in [3.05, 3.63) is 65.2 Å². The topological polar surface area (TPSA) is 75.3 Å². The number of benzene rings is 2. The summed E-state index contributed by atoms with van der Waals surface area (Å²) in [6.07, 6.45) is 5.00. The van der Waals surface area contributed by atoms with Crippen molar-refractivity contribution in [2.24, 2.45) is 0 Å². The lowest BCUT2D eigenvalue weighted by Crippen LogP contribution is -2.36. The van der Waals surface area contributed by atoms with Crippen LogP contribution in [0.4, 0.5) is 0 Å². The smallest absolute Gasteiger partial charge is 0.251 e. The summed E-state index contributed by atoms with van der Waals surface area (Å²) >= 11 is 0. The molecule has 0 saturated heterocycles. The van der Waals surface area contributed by atoms with Crippen molar-refractivity contribution in [3.8, 4) is 0 Å². The Bertz CT molecular complexity index is 936. The van der Waals surface area contributed by atoms with E-state index in [0.717, 1.165) is 43.2 Å². The Morgan fingerprint density at radius 3 is 2.45 bits per heavy atom. The molecule has 0 heterocycles. The molecule has 0 aromatic heterocycles. The van der Waals surface area contributed by atoms with Crippen LogP contribution in [0.5, 0.6) is 0 Å². The number of carbonyl (C=O) groups excluding carboxylic acids is 1. The number of sulfonamides is 1. The van der Waals surface area contributed by atoms with Crippen LogP contribution in [0.3, 0.4) is 0 Å². The quantitative estimate of drug-likeness (QED) is 0.715. The van der Waals surface area contributed by atoms with Crippen LogP contribution in [-0.2, 0) is 10.0 Å². The second kappa shape index (κ2) is 9.55. The normalized spacial score (nSPS) is 16.3. The van der Waals surface area contributed by atoms with E-state index in [0.29, 0.717) is 12.1 Å². The number of aryl methyl sites for hydroxylation is 1. The van der Waals surface area contributed by atoms with Crippen molar-refractivity contribution in [1.82, 2.24) is 10.0 Å². The van der Waals surface area contributed by atoms with Gasteiger partial charge in [-0.2, -0.15) is 0 Å². The van der Waals surface area contributed by atoms with E-state index in [1.807, 2.05) is 37.3 Å². The summed E-state index contributed by atoms with van der Waals surface area (Å²) in [5.74, 6) is -0.0830. The fourth-order valence-corrected chi connectivity index (χ4v) is 5.09. The summed E-state index contributed by atoms with van der Waals surface area (Å²) in [4.78, 5) is 12.9. The average Bonchev–Trinajstić information content (AvgIpc) is 2.73. The summed E-state index contributed by atoms with van der Waals surface area (Å²) in [5.41, 5.74) is 2.31. The maximum absolute atomic E-state index is 12.8. The number of hydrogen-bond acceptors (Lipinski definition) is 3. The molecule has 156 valence electrons. The van der Waals surface area contributed by atoms with Gasteiger partial charge in [0.05, 0.1) is 4.90 Å². The molecule has 1 fully saturated rings. The standard InChI is InChI=1S/C23H30N2O3S/c1-17-13-14-21(29(27,28)25-20-11-7-4-8-12-20)15-22(17)23(26)24-16-18(2)19-9-5-3-6-10-19/h3,5-6,9-10,13-15,18,20,25H,4,7-8,11-12,16H2,1-2H3,(H,24,26)/t18-/m1/s1. The highest BCUT2D eigenvalue weighted by atomic mass is 32.2. The van der Waals surface area contributed by atoms with Crippen LogP contribution < -0.4 is 10.0 Å². The first-order valence-corrected chi connectivity index (χ1v) is 11.8. The molecule has 0 aliphatic heterocycles. The van der Waals surface area contributed by atoms with Gasteiger partial charge in [0.25, 0.3) is 5.91 Å². The molecule has 0 radical (unpaired) electrons. The van der Waals surface area contributed by atoms with Crippen LogP contribution in [0.25, 0.3) is 0 Å². The Labute approximate surface area is 174 Å². The van der Waals surface area contributed by atoms with Gasteiger partial charge in [0.15, 0.2) is 0 Å². The van der Waals surface area contributed by atoms with Gasteiger partial charge < -0.3 is 5.32 Å². The Morgan fingerprint density at radius 1 is 1.07 bits per heavy atom. The predicted octanol–water partition coefficient (Wildman–Crippen LogP) is 4.14. The molecule has 0 spiro atoms. The number of nitrogens with one attached hydrogen (secondary N) is 2. The van der Waals surface area contributed by atoms with Gasteiger partial charge in [-0.05, 0) is 48.9 Å². The molecule has 1 aliphatic carbocycles. The van der Waals surface area contributed by atoms with Gasteiger partial charge in [-0.1, -0.05) is 62.6 Å². The Hall–Kier alpha value is -2.18. The van der Waals surface area contributed by atoms with Gasteiger partial charge in [0.1, 0.15) is 0 Å². The molecule has 0 unspecified atom stereocenters. The van der Waals surface area contributed by atoms with Gasteiger partial charge in [0, 0.05) is 18.2 Å². The average molecular weight is 415 g/mol. The highest BCUT2D eigenvalue weighted by molar-refractivity contribution is 7.89. The van der Waals surface area contributed by atoms with E-state index >= 15 is 0 Å². The Kier molecular flexibility index (Phi) is 7.09. The monoisotopic (exact) mass is 414 g/mol. The second-order valence-corrected chi connectivity index (χ2v) is 9.67. The molecular formula is C23H30N2O3S. The number of amides is 1. The van der Waals surface area contributed by atoms with Crippen molar-refractivity contribution in [2.75, 3.05) is 6.54 Å². The van der Waals surface area contributed by atoms with E-state index in [1.165, 1.54) is 6.07 Å². The van der Waals surface area contributed by atoms with Crippen molar-refractivity contribution in [2.45, 2.75) is 62.8 Å². The maximum atomic E-state index is 12.8. The molecule has 2 N–H and O–H groups in total. The van der Waals surface area contributed by atoms with E-state index in [2.05, 4.69) is 17.0 Å². The van der Waals surface area contributed by atoms with E-state index in [1.54, 1.807) is 12.1 Å². The largest absolute Gasteiger partial charge is 0.351 e. The van der Waals surface area contributed by atoms with Crippen molar-refractivity contribution < 1.29 is 13.2 Å². The van der Waals surface area contributed by atoms with Crippen molar-refractivity contribution in [1.29, 1.82) is 0 Å². The molecule has 1 saturated carbocycles. The SMILES string of the molecule is Cc1ccc(S(=O)(=O)NC2CCCCC2)cc1C(=O)NC[C@@H](C)c1ccccc1. The van der Waals surface area contributed by atoms with E-state index < -0.39 is 10.0 Å². The second-order valence-electron chi connectivity index (χ2n) is 7.95. The lowest BCUT2D eigenvalue weighted by molar-refractivity contribution is 0.0951. The minimum atomic E-state index is -3.64. The highest BCUT2D eigenvalue weighted by Crippen LogP contribution is 2.21. The van der Waals surface area contributed by atoms with Crippen LogP contribution >= 0.6 is 0 Å². The third kappa shape index (κ3) is 5.67. The third-order valence-electron chi connectivity index (χ3n) is 5.63. The number of carbonyl (C=O) groups is 1. The molecule has 6 heteroatoms. The van der Waals surface area contributed by atoms with E-state index in [-0.39, 0.29) is 22.8 Å². The molecule has 2 aromatic carbocycles. The Morgan fingerprint density at radius 2 is 1.76 bits per heavy atom. The van der Waals surface area contributed by atoms with Gasteiger partial charge in [0.2, 0.25) is 10.0 Å². The molecule has 3 rings (SSSR count). The highest BCUT2D eigenvalue weighted by Gasteiger charge is 2.23. The van der Waals surface area contributed by atoms with Gasteiger partial charge >= 0.3 is 0 Å². The summed E-state index contributed by atoms with van der Waals surface area (Å²) < 4.78 is 28.4. The lowest BCUT2D eigenvalue weighted by atomic mass is 9.96. The minimum absolute atomic E-state index is 0.0148. The first-order valence-electron chi connectivity index (χ1n) is 10.3.